The Labute approximate surface area is 221 Å². The summed E-state index contributed by atoms with van der Waals surface area (Å²) in [4.78, 5) is 12.7. The molecule has 9 atom stereocenters. The standard InChI is InChI=1S/C31H44O6/c1-20-12-13-35-25(15-20)10-11-28(32)30-19-23-18-27(23)29(33)17-22(3)14-21(2)16-26-8-4-6-24(36-26)7-5-9-31(34)37-30/h4-6,9-12,21,23-30,32-33H,3,7-8,13-19H2,1-2H3/b9-5-,11-10+/t21-,23-,24-,25+,26-,27?,28-,29-,30-/m0/s1. The van der Waals surface area contributed by atoms with Crippen molar-refractivity contribution in [1.82, 2.24) is 0 Å². The van der Waals surface area contributed by atoms with Crippen molar-refractivity contribution in [3.8, 4) is 0 Å². The van der Waals surface area contributed by atoms with E-state index in [0.717, 1.165) is 37.7 Å². The zero-order valence-corrected chi connectivity index (χ0v) is 22.3. The highest BCUT2D eigenvalue weighted by atomic mass is 16.6. The molecule has 2 N–H and O–H groups in total. The summed E-state index contributed by atoms with van der Waals surface area (Å²) in [6.07, 6.45) is 17.0. The van der Waals surface area contributed by atoms with Gasteiger partial charge in [-0.2, -0.15) is 0 Å². The van der Waals surface area contributed by atoms with E-state index in [0.29, 0.717) is 31.8 Å². The number of rotatable bonds is 3. The Hall–Kier alpha value is -1.99. The van der Waals surface area contributed by atoms with Crippen LogP contribution in [0, 0.1) is 17.8 Å². The fourth-order valence-corrected chi connectivity index (χ4v) is 5.89. The van der Waals surface area contributed by atoms with Crippen molar-refractivity contribution in [3.05, 3.63) is 60.3 Å². The van der Waals surface area contributed by atoms with Gasteiger partial charge in [-0.15, -0.1) is 0 Å². The lowest BCUT2D eigenvalue weighted by Gasteiger charge is -2.28. The molecule has 2 bridgehead atoms. The van der Waals surface area contributed by atoms with Crippen LogP contribution in [0.25, 0.3) is 0 Å². The van der Waals surface area contributed by atoms with Gasteiger partial charge in [-0.3, -0.25) is 0 Å². The maximum absolute atomic E-state index is 12.7. The van der Waals surface area contributed by atoms with Crippen LogP contribution in [-0.2, 0) is 19.0 Å². The second-order valence-corrected chi connectivity index (χ2v) is 11.5. The monoisotopic (exact) mass is 512 g/mol. The zero-order chi connectivity index (χ0) is 26.4. The van der Waals surface area contributed by atoms with Crippen LogP contribution in [-0.4, -0.2) is 59.4 Å². The summed E-state index contributed by atoms with van der Waals surface area (Å²) in [5, 5.41) is 21.8. The molecular formula is C31H44O6. The smallest absolute Gasteiger partial charge is 0.330 e. The van der Waals surface area contributed by atoms with Crippen LogP contribution >= 0.6 is 0 Å². The predicted molar refractivity (Wildman–Crippen MR) is 144 cm³/mol. The van der Waals surface area contributed by atoms with Gasteiger partial charge in [0.2, 0.25) is 0 Å². The Balaban J connectivity index is 1.44. The third-order valence-corrected chi connectivity index (χ3v) is 7.98. The summed E-state index contributed by atoms with van der Waals surface area (Å²) < 4.78 is 17.7. The van der Waals surface area contributed by atoms with Gasteiger partial charge in [0, 0.05) is 6.08 Å². The fraction of sp³-hybridized carbons (Fsp3) is 0.645. The minimum Gasteiger partial charge on any atom is -0.456 e. The molecule has 3 heterocycles. The molecular weight excluding hydrogens is 468 g/mol. The van der Waals surface area contributed by atoms with Crippen molar-refractivity contribution in [2.75, 3.05) is 6.61 Å². The molecule has 0 spiro atoms. The van der Waals surface area contributed by atoms with Gasteiger partial charge in [0.1, 0.15) is 12.2 Å². The number of esters is 1. The molecule has 37 heavy (non-hydrogen) atoms. The third-order valence-electron chi connectivity index (χ3n) is 7.98. The molecule has 0 aromatic heterocycles. The first kappa shape index (κ1) is 28.0. The summed E-state index contributed by atoms with van der Waals surface area (Å²) in [5.41, 5.74) is 2.33. The molecule has 4 rings (SSSR count). The Morgan fingerprint density at radius 1 is 1.14 bits per heavy atom. The van der Waals surface area contributed by atoms with Crippen LogP contribution in [0.15, 0.2) is 60.3 Å². The summed E-state index contributed by atoms with van der Waals surface area (Å²) in [5.74, 6) is 0.302. The number of fused-ring (bicyclic) bond motifs is 3. The number of hydrogen-bond donors (Lipinski definition) is 2. The average molecular weight is 513 g/mol. The second kappa shape index (κ2) is 13.2. The topological polar surface area (TPSA) is 85.2 Å². The number of carbonyl (C=O) groups is 1. The van der Waals surface area contributed by atoms with Gasteiger partial charge in [-0.05, 0) is 76.0 Å². The quantitative estimate of drug-likeness (QED) is 0.410. The molecule has 1 saturated carbocycles. The summed E-state index contributed by atoms with van der Waals surface area (Å²) >= 11 is 0. The van der Waals surface area contributed by atoms with E-state index in [1.165, 1.54) is 11.6 Å². The summed E-state index contributed by atoms with van der Waals surface area (Å²) in [6.45, 7) is 9.10. The highest BCUT2D eigenvalue weighted by Gasteiger charge is 2.44. The molecule has 6 heteroatoms. The Morgan fingerprint density at radius 3 is 2.78 bits per heavy atom. The van der Waals surface area contributed by atoms with E-state index in [1.807, 2.05) is 6.08 Å². The molecule has 204 valence electrons. The maximum atomic E-state index is 12.7. The van der Waals surface area contributed by atoms with E-state index >= 15 is 0 Å². The Morgan fingerprint density at radius 2 is 1.97 bits per heavy atom. The predicted octanol–water partition coefficient (Wildman–Crippen LogP) is 4.97. The molecule has 1 aliphatic carbocycles. The molecule has 4 aliphatic rings. The van der Waals surface area contributed by atoms with Crippen molar-refractivity contribution >= 4 is 5.97 Å². The number of cyclic esters (lactones) is 1. The molecule has 0 radical (unpaired) electrons. The maximum Gasteiger partial charge on any atom is 0.330 e. The molecule has 0 aromatic rings. The highest BCUT2D eigenvalue weighted by molar-refractivity contribution is 5.82. The first-order valence-electron chi connectivity index (χ1n) is 13.9. The zero-order valence-electron chi connectivity index (χ0n) is 22.3. The molecule has 3 aliphatic heterocycles. The molecule has 0 amide bonds. The van der Waals surface area contributed by atoms with Gasteiger partial charge in [-0.25, -0.2) is 4.79 Å². The molecule has 6 nitrogen and oxygen atoms in total. The Kier molecular flexibility index (Phi) is 9.99. The number of aliphatic hydroxyl groups excluding tert-OH is 2. The van der Waals surface area contributed by atoms with Crippen molar-refractivity contribution in [1.29, 1.82) is 0 Å². The van der Waals surface area contributed by atoms with E-state index < -0.39 is 24.3 Å². The number of ether oxygens (including phenoxy) is 3. The van der Waals surface area contributed by atoms with Gasteiger partial charge in [-0.1, -0.05) is 61.1 Å². The van der Waals surface area contributed by atoms with Crippen LogP contribution in [0.5, 0.6) is 0 Å². The van der Waals surface area contributed by atoms with Crippen LogP contribution in [0.4, 0.5) is 0 Å². The molecule has 0 aromatic carbocycles. The third kappa shape index (κ3) is 8.78. The van der Waals surface area contributed by atoms with E-state index in [-0.39, 0.29) is 30.1 Å². The van der Waals surface area contributed by atoms with E-state index in [2.05, 4.69) is 38.7 Å². The Bertz CT molecular complexity index is 917. The van der Waals surface area contributed by atoms with Crippen LogP contribution in [0.1, 0.15) is 65.2 Å². The van der Waals surface area contributed by atoms with E-state index in [9.17, 15) is 15.0 Å². The highest BCUT2D eigenvalue weighted by Crippen LogP contribution is 2.47. The van der Waals surface area contributed by atoms with E-state index in [1.54, 1.807) is 12.2 Å². The van der Waals surface area contributed by atoms with Crippen molar-refractivity contribution < 1.29 is 29.2 Å². The number of carbonyl (C=O) groups excluding carboxylic acids is 1. The lowest BCUT2D eigenvalue weighted by atomic mass is 9.90. The SMILES string of the molecule is C=C1C[C@H](C)C[C@@H]2CC=C[C@@H](C/C=C\C(=O)O[C@H]([C@@H](O)/C=C/[C@@H]3CC(C)=CCO3)C[C@@H]3CC3[C@@H](O)C1)O2. The average Bonchev–Trinajstić information content (AvgIpc) is 3.61. The van der Waals surface area contributed by atoms with Gasteiger partial charge in [0.15, 0.2) is 0 Å². The minimum absolute atomic E-state index is 0.0663. The first-order chi connectivity index (χ1) is 17.8. The second-order valence-electron chi connectivity index (χ2n) is 11.5. The lowest BCUT2D eigenvalue weighted by Crippen LogP contribution is -2.31. The fourth-order valence-electron chi connectivity index (χ4n) is 5.89. The van der Waals surface area contributed by atoms with Crippen LogP contribution < -0.4 is 0 Å². The van der Waals surface area contributed by atoms with Crippen molar-refractivity contribution in [2.24, 2.45) is 17.8 Å². The molecule has 1 unspecified atom stereocenters. The van der Waals surface area contributed by atoms with Crippen molar-refractivity contribution in [2.45, 2.75) is 102 Å². The van der Waals surface area contributed by atoms with Gasteiger partial charge < -0.3 is 24.4 Å². The molecule has 0 saturated heterocycles. The van der Waals surface area contributed by atoms with Crippen LogP contribution in [0.3, 0.4) is 0 Å². The van der Waals surface area contributed by atoms with Gasteiger partial charge >= 0.3 is 5.97 Å². The summed E-state index contributed by atoms with van der Waals surface area (Å²) in [7, 11) is 0. The first-order valence-corrected chi connectivity index (χ1v) is 13.9. The molecule has 1 fully saturated rings. The van der Waals surface area contributed by atoms with Crippen LogP contribution in [0.2, 0.25) is 0 Å². The largest absolute Gasteiger partial charge is 0.456 e. The van der Waals surface area contributed by atoms with Gasteiger partial charge in [0.05, 0.1) is 31.0 Å². The number of aliphatic hydroxyl groups is 2. The summed E-state index contributed by atoms with van der Waals surface area (Å²) in [6, 6.07) is 0. The minimum atomic E-state index is -0.947. The lowest BCUT2D eigenvalue weighted by molar-refractivity contribution is -0.148. The normalized spacial score (nSPS) is 39.6. The van der Waals surface area contributed by atoms with Crippen molar-refractivity contribution in [3.63, 3.8) is 0 Å². The van der Waals surface area contributed by atoms with Gasteiger partial charge in [0.25, 0.3) is 0 Å². The number of hydrogen-bond acceptors (Lipinski definition) is 6. The van der Waals surface area contributed by atoms with E-state index in [4.69, 9.17) is 14.2 Å².